The van der Waals surface area contributed by atoms with Crippen LogP contribution in [-0.2, 0) is 16.2 Å². The van der Waals surface area contributed by atoms with Crippen molar-refractivity contribution in [1.82, 2.24) is 0 Å². The minimum absolute atomic E-state index is 0.0320. The molecule has 7 aromatic carbocycles. The first kappa shape index (κ1) is 34.5. The zero-order chi connectivity index (χ0) is 38.3. The number of rotatable bonds is 5. The second-order valence-corrected chi connectivity index (χ2v) is 17.1. The molecule has 0 radical (unpaired) electrons. The van der Waals surface area contributed by atoms with Gasteiger partial charge in [0.05, 0.1) is 16.0 Å². The summed E-state index contributed by atoms with van der Waals surface area (Å²) in [6.07, 6.45) is 0. The average Bonchev–Trinajstić information content (AvgIpc) is 3.64. The van der Waals surface area contributed by atoms with Gasteiger partial charge in [0.1, 0.15) is 5.69 Å². The molecular weight excluding hydrogens is 673 g/mol. The Balaban J connectivity index is 1.33. The maximum absolute atomic E-state index is 12.4. The number of hydrogen-bond acceptors (Lipinski definition) is 3. The minimum Gasteiger partial charge on any atom is -0.349 e. The van der Waals surface area contributed by atoms with E-state index in [1.165, 1.54) is 55.6 Å². The third-order valence-electron chi connectivity index (χ3n) is 11.7. The molecule has 2 aliphatic rings. The molecule has 1 spiro atoms. The Morgan fingerprint density at radius 3 is 1.45 bits per heavy atom. The van der Waals surface area contributed by atoms with Gasteiger partial charge in [0.25, 0.3) is 5.69 Å². The van der Waals surface area contributed by atoms with Crippen molar-refractivity contribution in [1.29, 1.82) is 0 Å². The molecule has 0 aromatic heterocycles. The van der Waals surface area contributed by atoms with Gasteiger partial charge in [-0.25, -0.2) is 0 Å². The van der Waals surface area contributed by atoms with E-state index in [0.29, 0.717) is 5.69 Å². The maximum atomic E-state index is 12.4. The zero-order valence-electron chi connectivity index (χ0n) is 32.2. The Morgan fingerprint density at radius 2 is 0.927 bits per heavy atom. The fourth-order valence-electron chi connectivity index (χ4n) is 8.95. The van der Waals surface area contributed by atoms with Crippen LogP contribution in [0.2, 0.25) is 0 Å². The van der Waals surface area contributed by atoms with Crippen LogP contribution in [-0.4, -0.2) is 4.92 Å². The fourth-order valence-corrected chi connectivity index (χ4v) is 8.95. The summed E-state index contributed by atoms with van der Waals surface area (Å²) < 4.78 is 0. The Bertz CT molecular complexity index is 2590. The van der Waals surface area contributed by atoms with Gasteiger partial charge in [-0.2, -0.15) is 0 Å². The van der Waals surface area contributed by atoms with Gasteiger partial charge in [-0.3, -0.25) is 10.1 Å². The molecule has 0 aliphatic heterocycles. The van der Waals surface area contributed by atoms with Crippen molar-refractivity contribution >= 4 is 17.1 Å². The Kier molecular flexibility index (Phi) is 7.77. The van der Waals surface area contributed by atoms with Crippen LogP contribution in [0.5, 0.6) is 0 Å². The number of hydrogen-bond donors (Lipinski definition) is 1. The number of para-hydroxylation sites is 3. The topological polar surface area (TPSA) is 55.2 Å². The van der Waals surface area contributed by atoms with Crippen LogP contribution in [0.25, 0.3) is 44.5 Å². The molecule has 0 saturated carbocycles. The van der Waals surface area contributed by atoms with Gasteiger partial charge in [-0.05, 0) is 89.7 Å². The van der Waals surface area contributed by atoms with Crippen molar-refractivity contribution in [2.45, 2.75) is 57.8 Å². The van der Waals surface area contributed by atoms with Crippen LogP contribution in [0.15, 0.2) is 152 Å². The number of nitro groups is 1. The predicted molar refractivity (Wildman–Crippen MR) is 227 cm³/mol. The molecule has 270 valence electrons. The van der Waals surface area contributed by atoms with E-state index in [1.807, 2.05) is 6.07 Å². The SMILES string of the molecule is CC(C)(C)c1cc(-c2cccc(-c3ccc4c(c3)C3(c5ccccc5-c5ccccc53)c3ccccc3-4)c2Nc2ccccc2[N+](=O)[O-])cc(C(C)(C)C)c1. The van der Waals surface area contributed by atoms with Crippen LogP contribution in [0.3, 0.4) is 0 Å². The predicted octanol–water partition coefficient (Wildman–Crippen LogP) is 13.6. The summed E-state index contributed by atoms with van der Waals surface area (Å²) in [7, 11) is 0. The molecular formula is C51H44N2O2. The molecule has 0 amide bonds. The van der Waals surface area contributed by atoms with E-state index in [4.69, 9.17) is 0 Å². The number of fused-ring (bicyclic) bond motifs is 10. The van der Waals surface area contributed by atoms with E-state index in [2.05, 4.69) is 174 Å². The molecule has 0 heterocycles. The lowest BCUT2D eigenvalue weighted by Gasteiger charge is -2.31. The molecule has 7 aromatic rings. The summed E-state index contributed by atoms with van der Waals surface area (Å²) in [5, 5.41) is 16.0. The van der Waals surface area contributed by atoms with Gasteiger partial charge >= 0.3 is 0 Å². The van der Waals surface area contributed by atoms with E-state index in [0.717, 1.165) is 27.9 Å². The van der Waals surface area contributed by atoms with Crippen LogP contribution >= 0.6 is 0 Å². The standard InChI is InChI=1S/C51H44N2O2/c1-49(2,3)34-28-33(29-35(31-34)50(4,5)6)37-20-15-19-36(48(37)52-46-24-13-14-25-47(46)53(54)55)32-26-27-41-40-18-9-12-23-44(40)51(45(41)30-32)42-21-10-7-16-38(42)39-17-8-11-22-43(39)51/h7-31,52H,1-6H3. The fraction of sp³-hybridized carbons (Fsp3) is 0.176. The van der Waals surface area contributed by atoms with E-state index in [1.54, 1.807) is 18.2 Å². The molecule has 0 bridgehead atoms. The smallest absolute Gasteiger partial charge is 0.292 e. The van der Waals surface area contributed by atoms with Crippen molar-refractivity contribution in [3.8, 4) is 44.5 Å². The summed E-state index contributed by atoms with van der Waals surface area (Å²) in [5.74, 6) is 0. The number of nitro benzene ring substituents is 1. The van der Waals surface area contributed by atoms with Crippen molar-refractivity contribution in [2.24, 2.45) is 0 Å². The average molecular weight is 717 g/mol. The van der Waals surface area contributed by atoms with E-state index >= 15 is 0 Å². The molecule has 0 unspecified atom stereocenters. The van der Waals surface area contributed by atoms with Crippen molar-refractivity contribution in [2.75, 3.05) is 5.32 Å². The summed E-state index contributed by atoms with van der Waals surface area (Å²) in [6, 6.07) is 53.7. The second-order valence-electron chi connectivity index (χ2n) is 17.1. The van der Waals surface area contributed by atoms with Crippen LogP contribution in [0.1, 0.15) is 74.9 Å². The van der Waals surface area contributed by atoms with E-state index < -0.39 is 5.41 Å². The van der Waals surface area contributed by atoms with Crippen LogP contribution in [0.4, 0.5) is 17.1 Å². The van der Waals surface area contributed by atoms with Gasteiger partial charge in [-0.15, -0.1) is 0 Å². The zero-order valence-corrected chi connectivity index (χ0v) is 32.2. The minimum atomic E-state index is -0.485. The normalized spacial score (nSPS) is 13.6. The highest BCUT2D eigenvalue weighted by Gasteiger charge is 2.51. The molecule has 0 atom stereocenters. The molecule has 4 heteroatoms. The molecule has 1 N–H and O–H groups in total. The van der Waals surface area contributed by atoms with E-state index in [9.17, 15) is 10.1 Å². The maximum Gasteiger partial charge on any atom is 0.292 e. The van der Waals surface area contributed by atoms with E-state index in [-0.39, 0.29) is 21.4 Å². The summed E-state index contributed by atoms with van der Waals surface area (Å²) in [4.78, 5) is 12.1. The third kappa shape index (κ3) is 5.34. The lowest BCUT2D eigenvalue weighted by Crippen LogP contribution is -2.25. The van der Waals surface area contributed by atoms with Gasteiger partial charge in [0.15, 0.2) is 0 Å². The first-order chi connectivity index (χ1) is 26.4. The highest BCUT2D eigenvalue weighted by Crippen LogP contribution is 2.63. The Labute approximate surface area is 323 Å². The molecule has 0 saturated heterocycles. The van der Waals surface area contributed by atoms with Gasteiger partial charge in [0, 0.05) is 17.2 Å². The Hall–Kier alpha value is -6.26. The van der Waals surface area contributed by atoms with Crippen LogP contribution in [0, 0.1) is 10.1 Å². The van der Waals surface area contributed by atoms with Crippen molar-refractivity contribution in [3.63, 3.8) is 0 Å². The van der Waals surface area contributed by atoms with Crippen molar-refractivity contribution in [3.05, 3.63) is 195 Å². The summed E-state index contributed by atoms with van der Waals surface area (Å²) >= 11 is 0. The van der Waals surface area contributed by atoms with Gasteiger partial charge < -0.3 is 5.32 Å². The van der Waals surface area contributed by atoms with Gasteiger partial charge in [0.2, 0.25) is 0 Å². The number of nitrogens with zero attached hydrogens (tertiary/aromatic N) is 1. The number of anilines is 2. The molecule has 9 rings (SSSR count). The second kappa shape index (κ2) is 12.4. The largest absolute Gasteiger partial charge is 0.349 e. The molecule has 0 fully saturated rings. The first-order valence-electron chi connectivity index (χ1n) is 19.1. The first-order valence-corrected chi connectivity index (χ1v) is 19.1. The molecule has 4 nitrogen and oxygen atoms in total. The molecule has 2 aliphatic carbocycles. The highest BCUT2D eigenvalue weighted by atomic mass is 16.6. The third-order valence-corrected chi connectivity index (χ3v) is 11.7. The lowest BCUT2D eigenvalue weighted by molar-refractivity contribution is -0.383. The summed E-state index contributed by atoms with van der Waals surface area (Å²) in [6.45, 7) is 13.5. The quantitative estimate of drug-likeness (QED) is 0.142. The number of nitrogens with one attached hydrogen (secondary N) is 1. The van der Waals surface area contributed by atoms with Gasteiger partial charge in [-0.1, -0.05) is 175 Å². The Morgan fingerprint density at radius 1 is 0.473 bits per heavy atom. The number of benzene rings is 7. The van der Waals surface area contributed by atoms with Crippen molar-refractivity contribution < 1.29 is 4.92 Å². The lowest BCUT2D eigenvalue weighted by atomic mass is 9.70. The highest BCUT2D eigenvalue weighted by molar-refractivity contribution is 5.98. The van der Waals surface area contributed by atoms with Crippen LogP contribution < -0.4 is 5.32 Å². The molecule has 55 heavy (non-hydrogen) atoms. The monoisotopic (exact) mass is 716 g/mol. The summed E-state index contributed by atoms with van der Waals surface area (Å²) in [5.41, 5.74) is 17.3.